The van der Waals surface area contributed by atoms with E-state index in [0.29, 0.717) is 22.2 Å². The molecule has 1 heterocycles. The number of amides is 1. The molecule has 0 aliphatic heterocycles. The van der Waals surface area contributed by atoms with Gasteiger partial charge in [0, 0.05) is 15.4 Å². The minimum absolute atomic E-state index is 0.146. The summed E-state index contributed by atoms with van der Waals surface area (Å²) in [7, 11) is 0. The smallest absolute Gasteiger partial charge is 0.256 e. The van der Waals surface area contributed by atoms with Gasteiger partial charge in [-0.25, -0.2) is 9.37 Å². The zero-order chi connectivity index (χ0) is 18.8. The van der Waals surface area contributed by atoms with Crippen molar-refractivity contribution in [2.24, 2.45) is 0 Å². The van der Waals surface area contributed by atoms with Gasteiger partial charge in [0.25, 0.3) is 5.91 Å². The van der Waals surface area contributed by atoms with Crippen molar-refractivity contribution in [3.8, 4) is 11.3 Å². The maximum atomic E-state index is 13.9. The Morgan fingerprint density at radius 2 is 1.70 bits per heavy atom. The summed E-state index contributed by atoms with van der Waals surface area (Å²) in [6, 6.07) is 23.0. The first-order chi connectivity index (χ1) is 13.1. The van der Waals surface area contributed by atoms with Gasteiger partial charge < -0.3 is 5.32 Å². The maximum absolute atomic E-state index is 13.9. The third-order valence-electron chi connectivity index (χ3n) is 4.20. The standard InChI is InChI=1S/C22H14BrFN2O/c23-15-7-5-6-14(12-15)21-13-17(16-8-1-3-10-19(16)25-21)22(27)26-20-11-4-2-9-18(20)24/h1-13H,(H,26,27). The highest BCUT2D eigenvalue weighted by Gasteiger charge is 2.15. The van der Waals surface area contributed by atoms with Crippen LogP contribution in [0, 0.1) is 5.82 Å². The lowest BCUT2D eigenvalue weighted by molar-refractivity contribution is 0.102. The van der Waals surface area contributed by atoms with Crippen LogP contribution in [0.1, 0.15) is 10.4 Å². The van der Waals surface area contributed by atoms with E-state index < -0.39 is 5.82 Å². The molecule has 27 heavy (non-hydrogen) atoms. The molecule has 1 aromatic heterocycles. The summed E-state index contributed by atoms with van der Waals surface area (Å²) in [5.41, 5.74) is 2.85. The predicted molar refractivity (Wildman–Crippen MR) is 109 cm³/mol. The van der Waals surface area contributed by atoms with Crippen LogP contribution >= 0.6 is 15.9 Å². The fourth-order valence-electron chi connectivity index (χ4n) is 2.91. The number of halogens is 2. The van der Waals surface area contributed by atoms with Crippen LogP contribution in [0.25, 0.3) is 22.2 Å². The highest BCUT2D eigenvalue weighted by molar-refractivity contribution is 9.10. The lowest BCUT2D eigenvalue weighted by Gasteiger charge is -2.11. The number of pyridine rings is 1. The van der Waals surface area contributed by atoms with E-state index in [4.69, 9.17) is 0 Å². The molecular formula is C22H14BrFN2O. The summed E-state index contributed by atoms with van der Waals surface area (Å²) in [5, 5.41) is 3.37. The number of nitrogens with zero attached hydrogens (tertiary/aromatic N) is 1. The Bertz CT molecular complexity index is 1160. The average molecular weight is 421 g/mol. The van der Waals surface area contributed by atoms with Gasteiger partial charge in [-0.3, -0.25) is 4.79 Å². The number of nitrogens with one attached hydrogen (secondary N) is 1. The number of hydrogen-bond donors (Lipinski definition) is 1. The molecule has 0 aliphatic rings. The fourth-order valence-corrected chi connectivity index (χ4v) is 3.31. The van der Waals surface area contributed by atoms with Crippen LogP contribution in [0.5, 0.6) is 0 Å². The first kappa shape index (κ1) is 17.4. The third kappa shape index (κ3) is 3.59. The molecule has 0 radical (unpaired) electrons. The van der Waals surface area contributed by atoms with E-state index >= 15 is 0 Å². The van der Waals surface area contributed by atoms with E-state index in [2.05, 4.69) is 26.2 Å². The molecule has 0 bridgehead atoms. The summed E-state index contributed by atoms with van der Waals surface area (Å²) in [6.45, 7) is 0. The Balaban J connectivity index is 1.83. The van der Waals surface area contributed by atoms with E-state index in [9.17, 15) is 9.18 Å². The molecule has 1 amide bonds. The van der Waals surface area contributed by atoms with E-state index in [1.807, 2.05) is 48.5 Å². The van der Waals surface area contributed by atoms with E-state index in [-0.39, 0.29) is 11.6 Å². The second kappa shape index (κ2) is 7.29. The number of benzene rings is 3. The second-order valence-corrected chi connectivity index (χ2v) is 6.93. The lowest BCUT2D eigenvalue weighted by Crippen LogP contribution is -2.14. The average Bonchev–Trinajstić information content (AvgIpc) is 2.69. The molecule has 0 unspecified atom stereocenters. The maximum Gasteiger partial charge on any atom is 0.256 e. The number of hydrogen-bond acceptors (Lipinski definition) is 2. The van der Waals surface area contributed by atoms with Crippen LogP contribution in [0.4, 0.5) is 10.1 Å². The van der Waals surface area contributed by atoms with Crippen LogP contribution in [-0.2, 0) is 0 Å². The van der Waals surface area contributed by atoms with Crippen molar-refractivity contribution in [2.75, 3.05) is 5.32 Å². The summed E-state index contributed by atoms with van der Waals surface area (Å²) < 4.78 is 14.9. The van der Waals surface area contributed by atoms with Gasteiger partial charge in [0.15, 0.2) is 0 Å². The Hall–Kier alpha value is -3.05. The van der Waals surface area contributed by atoms with Gasteiger partial charge in [-0.15, -0.1) is 0 Å². The second-order valence-electron chi connectivity index (χ2n) is 6.02. The minimum atomic E-state index is -0.476. The molecule has 132 valence electrons. The summed E-state index contributed by atoms with van der Waals surface area (Å²) in [5.74, 6) is -0.855. The predicted octanol–water partition coefficient (Wildman–Crippen LogP) is 6.06. The summed E-state index contributed by atoms with van der Waals surface area (Å²) in [6.07, 6.45) is 0. The highest BCUT2D eigenvalue weighted by Crippen LogP contribution is 2.27. The van der Waals surface area contributed by atoms with E-state index in [1.54, 1.807) is 18.2 Å². The largest absolute Gasteiger partial charge is 0.319 e. The Labute approximate surface area is 164 Å². The molecule has 3 aromatic carbocycles. The number of anilines is 1. The SMILES string of the molecule is O=C(Nc1ccccc1F)c1cc(-c2cccc(Br)c2)nc2ccccc12. The van der Waals surface area contributed by atoms with E-state index in [1.165, 1.54) is 12.1 Å². The zero-order valence-corrected chi connectivity index (χ0v) is 15.7. The molecule has 0 saturated carbocycles. The number of fused-ring (bicyclic) bond motifs is 1. The molecule has 0 fully saturated rings. The van der Waals surface area contributed by atoms with Crippen molar-refractivity contribution >= 4 is 38.4 Å². The van der Waals surface area contributed by atoms with Gasteiger partial charge in [-0.2, -0.15) is 0 Å². The van der Waals surface area contributed by atoms with Crippen LogP contribution < -0.4 is 5.32 Å². The van der Waals surface area contributed by atoms with Crippen molar-refractivity contribution < 1.29 is 9.18 Å². The van der Waals surface area contributed by atoms with Crippen LogP contribution in [0.15, 0.2) is 83.3 Å². The zero-order valence-electron chi connectivity index (χ0n) is 14.1. The van der Waals surface area contributed by atoms with E-state index in [0.717, 1.165) is 10.0 Å². The number of rotatable bonds is 3. The van der Waals surface area contributed by atoms with Gasteiger partial charge in [0.2, 0.25) is 0 Å². The molecule has 0 spiro atoms. The van der Waals surface area contributed by atoms with Crippen molar-refractivity contribution in [1.82, 2.24) is 4.98 Å². The molecule has 4 rings (SSSR count). The first-order valence-corrected chi connectivity index (χ1v) is 9.13. The topological polar surface area (TPSA) is 42.0 Å². The number of carbonyl (C=O) groups excluding carboxylic acids is 1. The first-order valence-electron chi connectivity index (χ1n) is 8.33. The minimum Gasteiger partial charge on any atom is -0.319 e. The third-order valence-corrected chi connectivity index (χ3v) is 4.70. The molecule has 1 N–H and O–H groups in total. The fraction of sp³-hybridized carbons (Fsp3) is 0. The van der Waals surface area contributed by atoms with Crippen molar-refractivity contribution in [1.29, 1.82) is 0 Å². The number of aromatic nitrogens is 1. The molecule has 0 atom stereocenters. The van der Waals surface area contributed by atoms with Crippen LogP contribution in [0.3, 0.4) is 0 Å². The van der Waals surface area contributed by atoms with Crippen LogP contribution in [-0.4, -0.2) is 10.9 Å². The van der Waals surface area contributed by atoms with Gasteiger partial charge >= 0.3 is 0 Å². The van der Waals surface area contributed by atoms with Gasteiger partial charge in [0.1, 0.15) is 5.82 Å². The normalized spacial score (nSPS) is 10.7. The molecule has 3 nitrogen and oxygen atoms in total. The monoisotopic (exact) mass is 420 g/mol. The van der Waals surface area contributed by atoms with Gasteiger partial charge in [0.05, 0.1) is 22.5 Å². The Morgan fingerprint density at radius 1 is 0.926 bits per heavy atom. The van der Waals surface area contributed by atoms with Crippen molar-refractivity contribution in [2.45, 2.75) is 0 Å². The van der Waals surface area contributed by atoms with Crippen molar-refractivity contribution in [3.05, 3.63) is 94.7 Å². The summed E-state index contributed by atoms with van der Waals surface area (Å²) in [4.78, 5) is 17.6. The van der Waals surface area contributed by atoms with Gasteiger partial charge in [-0.1, -0.05) is 58.4 Å². The highest BCUT2D eigenvalue weighted by atomic mass is 79.9. The molecule has 0 aliphatic carbocycles. The molecule has 4 aromatic rings. The lowest BCUT2D eigenvalue weighted by atomic mass is 10.0. The molecule has 0 saturated heterocycles. The van der Waals surface area contributed by atoms with Gasteiger partial charge in [-0.05, 0) is 36.4 Å². The molecular weight excluding hydrogens is 407 g/mol. The number of carbonyl (C=O) groups is 1. The van der Waals surface area contributed by atoms with Crippen LogP contribution in [0.2, 0.25) is 0 Å². The van der Waals surface area contributed by atoms with Crippen molar-refractivity contribution in [3.63, 3.8) is 0 Å². The number of para-hydroxylation sites is 2. The molecule has 5 heteroatoms. The Kier molecular flexibility index (Phi) is 4.69. The Morgan fingerprint density at radius 3 is 2.52 bits per heavy atom. The quantitative estimate of drug-likeness (QED) is 0.437. The summed E-state index contributed by atoms with van der Waals surface area (Å²) >= 11 is 3.46.